The van der Waals surface area contributed by atoms with Gasteiger partial charge >= 0.3 is 0 Å². The molecule has 0 saturated carbocycles. The normalized spacial score (nSPS) is 11.4. The first-order valence-electron chi connectivity index (χ1n) is 6.24. The quantitative estimate of drug-likeness (QED) is 0.782. The van der Waals surface area contributed by atoms with Crippen LogP contribution in [-0.4, -0.2) is 15.2 Å². The van der Waals surface area contributed by atoms with Crippen molar-refractivity contribution in [2.24, 2.45) is 0 Å². The Morgan fingerprint density at radius 2 is 2.00 bits per heavy atom. The molecule has 0 aliphatic rings. The van der Waals surface area contributed by atoms with Gasteiger partial charge in [-0.15, -0.1) is 10.2 Å². The molecule has 20 heavy (non-hydrogen) atoms. The molecule has 6 heteroatoms. The van der Waals surface area contributed by atoms with Gasteiger partial charge in [-0.25, -0.2) is 4.39 Å². The topological polar surface area (TPSA) is 64.7 Å². The number of nitrogen functional groups attached to an aromatic ring is 1. The summed E-state index contributed by atoms with van der Waals surface area (Å²) in [7, 11) is 0. The van der Waals surface area contributed by atoms with Crippen molar-refractivity contribution in [2.45, 2.75) is 19.8 Å². The zero-order valence-corrected chi connectivity index (χ0v) is 11.9. The van der Waals surface area contributed by atoms with Crippen LogP contribution in [0.25, 0.3) is 21.5 Å². The number of nitrogens with zero attached hydrogens (tertiary/aromatic N) is 3. The van der Waals surface area contributed by atoms with Crippen LogP contribution in [-0.2, 0) is 0 Å². The van der Waals surface area contributed by atoms with E-state index in [2.05, 4.69) is 29.0 Å². The minimum atomic E-state index is -0.296. The van der Waals surface area contributed by atoms with Gasteiger partial charge < -0.3 is 5.73 Å². The van der Waals surface area contributed by atoms with Crippen LogP contribution >= 0.6 is 11.3 Å². The van der Waals surface area contributed by atoms with Crippen molar-refractivity contribution < 1.29 is 4.39 Å². The molecule has 0 spiro atoms. The highest BCUT2D eigenvalue weighted by Gasteiger charge is 2.14. The number of nitrogens with two attached hydrogens (primary N) is 1. The number of hydrogen-bond donors (Lipinski definition) is 1. The van der Waals surface area contributed by atoms with Crippen LogP contribution in [0.2, 0.25) is 0 Å². The molecule has 4 nitrogen and oxygen atoms in total. The molecule has 0 bridgehead atoms. The second-order valence-electron chi connectivity index (χ2n) is 4.86. The van der Waals surface area contributed by atoms with Crippen molar-refractivity contribution >= 4 is 27.4 Å². The van der Waals surface area contributed by atoms with E-state index in [-0.39, 0.29) is 11.7 Å². The summed E-state index contributed by atoms with van der Waals surface area (Å²) >= 11 is 1.29. The molecule has 2 N–H and O–H groups in total. The molecule has 0 aliphatic carbocycles. The predicted octanol–water partition coefficient (Wildman–Crippen LogP) is 3.60. The molecular formula is C14H13FN4S. The van der Waals surface area contributed by atoms with Gasteiger partial charge in [0, 0.05) is 16.6 Å². The molecule has 0 fully saturated rings. The molecule has 0 atom stereocenters. The number of pyridine rings is 1. The van der Waals surface area contributed by atoms with E-state index >= 15 is 0 Å². The van der Waals surface area contributed by atoms with Crippen molar-refractivity contribution in [3.05, 3.63) is 35.8 Å². The Labute approximate surface area is 119 Å². The summed E-state index contributed by atoms with van der Waals surface area (Å²) in [6, 6.07) is 6.51. The maximum absolute atomic E-state index is 13.5. The molecule has 1 aromatic carbocycles. The summed E-state index contributed by atoms with van der Waals surface area (Å²) < 4.78 is 13.5. The van der Waals surface area contributed by atoms with Crippen LogP contribution in [0.15, 0.2) is 24.3 Å². The number of anilines is 1. The highest BCUT2D eigenvalue weighted by Crippen LogP contribution is 2.33. The first kappa shape index (κ1) is 12.9. The van der Waals surface area contributed by atoms with Gasteiger partial charge in [0.2, 0.25) is 5.13 Å². The SMILES string of the molecule is CC(C)c1cc(-c2nnc(N)s2)c2cc(F)ccc2n1. The Hall–Kier alpha value is -2.08. The summed E-state index contributed by atoms with van der Waals surface area (Å²) in [6.07, 6.45) is 0. The van der Waals surface area contributed by atoms with Crippen LogP contribution in [0, 0.1) is 5.82 Å². The molecule has 2 heterocycles. The van der Waals surface area contributed by atoms with Crippen LogP contribution in [0.1, 0.15) is 25.5 Å². The number of aromatic nitrogens is 3. The summed E-state index contributed by atoms with van der Waals surface area (Å²) in [5.41, 5.74) is 8.16. The van der Waals surface area contributed by atoms with Gasteiger partial charge in [0.05, 0.1) is 5.52 Å². The Balaban J connectivity index is 2.34. The highest BCUT2D eigenvalue weighted by atomic mass is 32.1. The Bertz CT molecular complexity index is 782. The average molecular weight is 288 g/mol. The molecular weight excluding hydrogens is 275 g/mol. The largest absolute Gasteiger partial charge is 0.374 e. The third kappa shape index (κ3) is 2.22. The summed E-state index contributed by atoms with van der Waals surface area (Å²) in [4.78, 5) is 4.57. The molecule has 0 amide bonds. The molecule has 0 aliphatic heterocycles. The predicted molar refractivity (Wildman–Crippen MR) is 79.1 cm³/mol. The fourth-order valence-electron chi connectivity index (χ4n) is 2.03. The Morgan fingerprint density at radius 1 is 1.20 bits per heavy atom. The maximum Gasteiger partial charge on any atom is 0.203 e. The maximum atomic E-state index is 13.5. The van der Waals surface area contributed by atoms with Crippen LogP contribution in [0.3, 0.4) is 0 Å². The zero-order chi connectivity index (χ0) is 14.3. The van der Waals surface area contributed by atoms with Crippen molar-refractivity contribution in [3.63, 3.8) is 0 Å². The molecule has 3 rings (SSSR count). The first-order valence-corrected chi connectivity index (χ1v) is 7.06. The zero-order valence-electron chi connectivity index (χ0n) is 11.1. The number of halogens is 1. The summed E-state index contributed by atoms with van der Waals surface area (Å²) in [5, 5.41) is 9.69. The highest BCUT2D eigenvalue weighted by molar-refractivity contribution is 7.18. The third-order valence-corrected chi connectivity index (χ3v) is 3.84. The lowest BCUT2D eigenvalue weighted by Gasteiger charge is -2.10. The lowest BCUT2D eigenvalue weighted by molar-refractivity contribution is 0.629. The van der Waals surface area contributed by atoms with Gasteiger partial charge in [0.1, 0.15) is 10.8 Å². The smallest absolute Gasteiger partial charge is 0.203 e. The van der Waals surface area contributed by atoms with E-state index in [1.54, 1.807) is 6.07 Å². The summed E-state index contributed by atoms with van der Waals surface area (Å²) in [5.74, 6) is -0.0243. The van der Waals surface area contributed by atoms with Crippen LogP contribution in [0.4, 0.5) is 9.52 Å². The minimum absolute atomic E-state index is 0.272. The van der Waals surface area contributed by atoms with E-state index < -0.39 is 0 Å². The van der Waals surface area contributed by atoms with Crippen molar-refractivity contribution in [3.8, 4) is 10.6 Å². The number of benzene rings is 1. The number of rotatable bonds is 2. The van der Waals surface area contributed by atoms with E-state index in [0.717, 1.165) is 22.2 Å². The summed E-state index contributed by atoms with van der Waals surface area (Å²) in [6.45, 7) is 4.13. The van der Waals surface area contributed by atoms with Gasteiger partial charge in [-0.1, -0.05) is 25.2 Å². The third-order valence-electron chi connectivity index (χ3n) is 3.05. The van der Waals surface area contributed by atoms with E-state index in [0.29, 0.717) is 10.1 Å². The lowest BCUT2D eigenvalue weighted by atomic mass is 10.0. The van der Waals surface area contributed by atoms with E-state index in [1.165, 1.54) is 23.5 Å². The standard InChI is InChI=1S/C14H13FN4S/c1-7(2)12-6-10(13-18-19-14(16)20-13)9-5-8(15)3-4-11(9)17-12/h3-7H,1-2H3,(H2,16,19). The van der Waals surface area contributed by atoms with E-state index in [1.807, 2.05) is 6.07 Å². The molecule has 2 aromatic heterocycles. The first-order chi connectivity index (χ1) is 9.54. The molecule has 0 unspecified atom stereocenters. The Kier molecular flexibility index (Phi) is 3.10. The van der Waals surface area contributed by atoms with Gasteiger partial charge in [-0.2, -0.15) is 0 Å². The van der Waals surface area contributed by atoms with Crippen LogP contribution < -0.4 is 5.73 Å². The van der Waals surface area contributed by atoms with Crippen molar-refractivity contribution in [1.82, 2.24) is 15.2 Å². The van der Waals surface area contributed by atoms with Crippen molar-refractivity contribution in [1.29, 1.82) is 0 Å². The fraction of sp³-hybridized carbons (Fsp3) is 0.214. The second-order valence-corrected chi connectivity index (χ2v) is 5.87. The molecule has 102 valence electrons. The minimum Gasteiger partial charge on any atom is -0.374 e. The van der Waals surface area contributed by atoms with Gasteiger partial charge in [-0.3, -0.25) is 4.98 Å². The molecule has 0 saturated heterocycles. The van der Waals surface area contributed by atoms with E-state index in [9.17, 15) is 4.39 Å². The number of hydrogen-bond acceptors (Lipinski definition) is 5. The number of fused-ring (bicyclic) bond motifs is 1. The van der Waals surface area contributed by atoms with Crippen LogP contribution in [0.5, 0.6) is 0 Å². The van der Waals surface area contributed by atoms with Gasteiger partial charge in [0.25, 0.3) is 0 Å². The van der Waals surface area contributed by atoms with Gasteiger partial charge in [-0.05, 0) is 30.2 Å². The lowest BCUT2D eigenvalue weighted by Crippen LogP contribution is -1.95. The second kappa shape index (κ2) is 4.79. The molecule has 0 radical (unpaired) electrons. The van der Waals surface area contributed by atoms with Crippen molar-refractivity contribution in [2.75, 3.05) is 5.73 Å². The molecule has 3 aromatic rings. The van der Waals surface area contributed by atoms with E-state index in [4.69, 9.17) is 5.73 Å². The Morgan fingerprint density at radius 3 is 2.65 bits per heavy atom. The fourth-order valence-corrected chi connectivity index (χ4v) is 2.67. The monoisotopic (exact) mass is 288 g/mol. The van der Waals surface area contributed by atoms with Gasteiger partial charge in [0.15, 0.2) is 0 Å². The average Bonchev–Trinajstić information content (AvgIpc) is 2.84.